The van der Waals surface area contributed by atoms with E-state index in [1.54, 1.807) is 38.4 Å². The minimum absolute atomic E-state index is 0.0726. The Labute approximate surface area is 178 Å². The van der Waals surface area contributed by atoms with Crippen molar-refractivity contribution in [1.82, 2.24) is 14.2 Å². The minimum atomic E-state index is -0.324. The topological polar surface area (TPSA) is 63.6 Å². The molecule has 0 aliphatic heterocycles. The van der Waals surface area contributed by atoms with E-state index >= 15 is 0 Å². The quantitative estimate of drug-likeness (QED) is 0.531. The van der Waals surface area contributed by atoms with Crippen LogP contribution < -0.4 is 10.1 Å². The summed E-state index contributed by atoms with van der Waals surface area (Å²) < 4.78 is 21.8. The molecule has 0 aliphatic rings. The Kier molecular flexibility index (Phi) is 7.13. The van der Waals surface area contributed by atoms with Gasteiger partial charge in [0.25, 0.3) is 5.91 Å². The molecule has 3 aromatic rings. The van der Waals surface area contributed by atoms with Crippen molar-refractivity contribution in [1.29, 1.82) is 0 Å². The van der Waals surface area contributed by atoms with Crippen molar-refractivity contribution in [3.8, 4) is 17.0 Å². The molecule has 30 heavy (non-hydrogen) atoms. The van der Waals surface area contributed by atoms with Gasteiger partial charge in [-0.05, 0) is 53.9 Å². The molecule has 0 saturated carbocycles. The highest BCUT2D eigenvalue weighted by Gasteiger charge is 2.14. The van der Waals surface area contributed by atoms with Crippen LogP contribution in [0.15, 0.2) is 65.7 Å². The second-order valence-corrected chi connectivity index (χ2v) is 7.64. The Balaban J connectivity index is 1.90. The van der Waals surface area contributed by atoms with Crippen LogP contribution in [-0.2, 0) is 16.1 Å². The Morgan fingerprint density at radius 3 is 2.77 bits per heavy atom. The first-order valence-corrected chi connectivity index (χ1v) is 10.0. The fourth-order valence-corrected chi connectivity index (χ4v) is 3.78. The van der Waals surface area contributed by atoms with Crippen molar-refractivity contribution in [3.63, 3.8) is 0 Å². The number of ether oxygens (including phenoxy) is 1. The highest BCUT2D eigenvalue weighted by molar-refractivity contribution is 7.98. The number of nitrogens with zero attached hydrogens (tertiary/aromatic N) is 2. The smallest absolute Gasteiger partial charge is 0.257 e. The van der Waals surface area contributed by atoms with Gasteiger partial charge in [-0.25, -0.2) is 4.39 Å². The molecule has 0 saturated heterocycles. The molecule has 1 aromatic heterocycles. The van der Waals surface area contributed by atoms with Crippen molar-refractivity contribution in [3.05, 3.63) is 72.2 Å². The molecule has 0 radical (unpaired) electrons. The Morgan fingerprint density at radius 2 is 2.03 bits per heavy atom. The van der Waals surface area contributed by atoms with Crippen LogP contribution in [0.5, 0.6) is 5.75 Å². The number of rotatable bonds is 9. The van der Waals surface area contributed by atoms with E-state index in [4.69, 9.17) is 4.74 Å². The van der Waals surface area contributed by atoms with E-state index in [9.17, 15) is 14.0 Å². The van der Waals surface area contributed by atoms with Crippen LogP contribution in [-0.4, -0.2) is 41.9 Å². The molecule has 0 fully saturated rings. The number of aromatic nitrogens is 1. The zero-order valence-corrected chi connectivity index (χ0v) is 17.5. The van der Waals surface area contributed by atoms with Crippen LogP contribution in [0.2, 0.25) is 0 Å². The number of hydrogen-bond donors (Lipinski definition) is 1. The lowest BCUT2D eigenvalue weighted by molar-refractivity contribution is -0.122. The predicted molar refractivity (Wildman–Crippen MR) is 115 cm³/mol. The number of benzene rings is 2. The van der Waals surface area contributed by atoms with Gasteiger partial charge in [0, 0.05) is 37.3 Å². The summed E-state index contributed by atoms with van der Waals surface area (Å²) in [5.41, 5.74) is 2.03. The molecule has 0 spiro atoms. The second-order valence-electron chi connectivity index (χ2n) is 6.59. The van der Waals surface area contributed by atoms with Gasteiger partial charge in [-0.2, -0.15) is 0 Å². The molecule has 1 heterocycles. The zero-order chi connectivity index (χ0) is 21.5. The summed E-state index contributed by atoms with van der Waals surface area (Å²) in [6.45, 7) is 0.338. The molecule has 8 heteroatoms. The molecule has 156 valence electrons. The largest absolute Gasteiger partial charge is 0.484 e. The molecule has 2 amide bonds. The van der Waals surface area contributed by atoms with E-state index in [0.29, 0.717) is 23.6 Å². The number of nitrogens with one attached hydrogen (secondary N) is 1. The fraction of sp³-hybridized carbons (Fsp3) is 0.182. The van der Waals surface area contributed by atoms with Crippen molar-refractivity contribution in [2.75, 3.05) is 20.7 Å². The molecular weight excluding hydrogens is 405 g/mol. The van der Waals surface area contributed by atoms with Gasteiger partial charge in [0.15, 0.2) is 6.61 Å². The predicted octanol–water partition coefficient (Wildman–Crippen LogP) is 3.56. The first-order valence-electron chi connectivity index (χ1n) is 9.23. The lowest BCUT2D eigenvalue weighted by atomic mass is 10.1. The summed E-state index contributed by atoms with van der Waals surface area (Å²) >= 11 is 1.39. The van der Waals surface area contributed by atoms with E-state index in [1.165, 1.54) is 22.9 Å². The van der Waals surface area contributed by atoms with Gasteiger partial charge < -0.3 is 15.0 Å². The van der Waals surface area contributed by atoms with Crippen LogP contribution in [0, 0.1) is 5.82 Å². The second kappa shape index (κ2) is 9.98. The van der Waals surface area contributed by atoms with E-state index < -0.39 is 0 Å². The van der Waals surface area contributed by atoms with Gasteiger partial charge in [-0.3, -0.25) is 13.6 Å². The van der Waals surface area contributed by atoms with E-state index in [2.05, 4.69) is 5.32 Å². The van der Waals surface area contributed by atoms with Gasteiger partial charge >= 0.3 is 0 Å². The van der Waals surface area contributed by atoms with Crippen LogP contribution in [0.25, 0.3) is 11.3 Å². The van der Waals surface area contributed by atoms with Crippen molar-refractivity contribution in [2.24, 2.45) is 0 Å². The monoisotopic (exact) mass is 427 g/mol. The Hall–Kier alpha value is -3.26. The maximum absolute atomic E-state index is 14.5. The third-order valence-electron chi connectivity index (χ3n) is 4.26. The number of carbonyl (C=O) groups is 2. The maximum Gasteiger partial charge on any atom is 0.257 e. The summed E-state index contributed by atoms with van der Waals surface area (Å²) in [5, 5.41) is 2.51. The molecule has 0 bridgehead atoms. The van der Waals surface area contributed by atoms with Gasteiger partial charge in [0.1, 0.15) is 11.6 Å². The highest BCUT2D eigenvalue weighted by atomic mass is 32.2. The van der Waals surface area contributed by atoms with Gasteiger partial charge in [-0.15, -0.1) is 0 Å². The summed E-state index contributed by atoms with van der Waals surface area (Å²) in [6, 6.07) is 15.8. The molecule has 0 atom stereocenters. The van der Waals surface area contributed by atoms with Crippen LogP contribution in [0.3, 0.4) is 0 Å². The third kappa shape index (κ3) is 5.42. The van der Waals surface area contributed by atoms with Crippen molar-refractivity contribution in [2.45, 2.75) is 11.4 Å². The lowest BCUT2D eigenvalue weighted by Crippen LogP contribution is -2.24. The Bertz CT molecular complexity index is 1040. The van der Waals surface area contributed by atoms with Crippen LogP contribution in [0.4, 0.5) is 4.39 Å². The van der Waals surface area contributed by atoms with Crippen molar-refractivity contribution < 1.29 is 18.7 Å². The van der Waals surface area contributed by atoms with Crippen molar-refractivity contribution >= 4 is 24.3 Å². The fourth-order valence-electron chi connectivity index (χ4n) is 2.80. The average molecular weight is 428 g/mol. The molecular formula is C22H22FN3O3S. The summed E-state index contributed by atoms with van der Waals surface area (Å²) in [7, 11) is 3.24. The normalized spacial score (nSPS) is 10.5. The summed E-state index contributed by atoms with van der Waals surface area (Å²) in [6.07, 6.45) is 2.63. The maximum atomic E-state index is 14.5. The summed E-state index contributed by atoms with van der Waals surface area (Å²) in [5.74, 6) is 0.0174. The molecule has 1 N–H and O–H groups in total. The van der Waals surface area contributed by atoms with Gasteiger partial charge in [0.05, 0.1) is 5.69 Å². The van der Waals surface area contributed by atoms with E-state index in [0.717, 1.165) is 16.9 Å². The third-order valence-corrected chi connectivity index (χ3v) is 5.23. The molecule has 3 rings (SSSR count). The Morgan fingerprint density at radius 1 is 1.23 bits per heavy atom. The first-order chi connectivity index (χ1) is 14.5. The zero-order valence-electron chi connectivity index (χ0n) is 16.7. The van der Waals surface area contributed by atoms with E-state index in [1.807, 2.05) is 34.4 Å². The number of carbonyl (C=O) groups excluding carboxylic acids is 2. The molecule has 0 unspecified atom stereocenters. The summed E-state index contributed by atoms with van der Waals surface area (Å²) in [4.78, 5) is 24.8. The molecule has 2 aromatic carbocycles. The number of hydrogen-bond acceptors (Lipinski definition) is 4. The standard InChI is InChI=1S/C22H22FN3O3S/c1-24-22(28)14-29-17-6-5-7-18(11-17)30-26-13-16(12-25(2)15-27)10-21(26)19-8-3-4-9-20(19)23/h3-11,13,15H,12,14H2,1-2H3,(H,24,28). The number of likely N-dealkylation sites (N-methyl/N-ethyl adjacent to an activating group) is 1. The highest BCUT2D eigenvalue weighted by Crippen LogP contribution is 2.33. The first kappa shape index (κ1) is 21.4. The van der Waals surface area contributed by atoms with Gasteiger partial charge in [0.2, 0.25) is 6.41 Å². The molecule has 6 nitrogen and oxygen atoms in total. The van der Waals surface area contributed by atoms with Crippen LogP contribution in [0.1, 0.15) is 5.56 Å². The van der Waals surface area contributed by atoms with E-state index in [-0.39, 0.29) is 18.3 Å². The lowest BCUT2D eigenvalue weighted by Gasteiger charge is -2.11. The van der Waals surface area contributed by atoms with Gasteiger partial charge in [-0.1, -0.05) is 18.2 Å². The molecule has 0 aliphatic carbocycles. The van der Waals surface area contributed by atoms with Crippen LogP contribution >= 0.6 is 11.9 Å². The number of amides is 2. The average Bonchev–Trinajstić information content (AvgIpc) is 3.14. The number of halogens is 1. The minimum Gasteiger partial charge on any atom is -0.484 e. The SMILES string of the molecule is CNC(=O)COc1cccc(Sn2cc(CN(C)C=O)cc2-c2ccccc2F)c1.